The fourth-order valence-electron chi connectivity index (χ4n) is 3.84. The van der Waals surface area contributed by atoms with E-state index < -0.39 is 0 Å². The minimum absolute atomic E-state index is 0.194. The van der Waals surface area contributed by atoms with Crippen molar-refractivity contribution in [3.63, 3.8) is 0 Å². The lowest BCUT2D eigenvalue weighted by molar-refractivity contribution is 0.0954. The molecule has 0 unspecified atom stereocenters. The van der Waals surface area contributed by atoms with Gasteiger partial charge in [0.25, 0.3) is 5.91 Å². The van der Waals surface area contributed by atoms with Crippen molar-refractivity contribution in [1.29, 1.82) is 0 Å². The molecule has 0 atom stereocenters. The molecule has 3 aromatic carbocycles. The van der Waals surface area contributed by atoms with Gasteiger partial charge >= 0.3 is 0 Å². The standard InChI is InChI=1S/C26H25Cl2N3O2/c1-17-15-19(16-18(2)25(17)28)33-14-13-31-23-10-6-5-9-22(23)30-24(31)11-12-29-26(32)20-7-3-4-8-21(20)27/h3-10,15-16H,11-14H2,1-2H3,(H,29,32). The Balaban J connectivity index is 1.44. The highest BCUT2D eigenvalue weighted by Gasteiger charge is 2.13. The molecular weight excluding hydrogens is 457 g/mol. The van der Waals surface area contributed by atoms with E-state index in [2.05, 4.69) is 9.88 Å². The third-order valence-electron chi connectivity index (χ3n) is 5.48. The summed E-state index contributed by atoms with van der Waals surface area (Å²) in [7, 11) is 0. The SMILES string of the molecule is Cc1cc(OCCn2c(CCNC(=O)c3ccccc3Cl)nc3ccccc32)cc(C)c1Cl. The number of fused-ring (bicyclic) bond motifs is 1. The van der Waals surface area contributed by atoms with Gasteiger partial charge in [-0.3, -0.25) is 4.79 Å². The molecule has 0 spiro atoms. The molecule has 1 aromatic heterocycles. The fourth-order valence-corrected chi connectivity index (χ4v) is 4.17. The zero-order valence-electron chi connectivity index (χ0n) is 18.6. The first-order valence-corrected chi connectivity index (χ1v) is 11.6. The van der Waals surface area contributed by atoms with Gasteiger partial charge in [0.2, 0.25) is 0 Å². The first kappa shape index (κ1) is 23.1. The Morgan fingerprint density at radius 2 is 1.73 bits per heavy atom. The van der Waals surface area contributed by atoms with Crippen LogP contribution in [0.4, 0.5) is 0 Å². The van der Waals surface area contributed by atoms with Crippen molar-refractivity contribution < 1.29 is 9.53 Å². The van der Waals surface area contributed by atoms with E-state index in [0.29, 0.717) is 36.7 Å². The maximum absolute atomic E-state index is 12.5. The molecule has 170 valence electrons. The van der Waals surface area contributed by atoms with Crippen molar-refractivity contribution in [1.82, 2.24) is 14.9 Å². The van der Waals surface area contributed by atoms with Gasteiger partial charge in [-0.1, -0.05) is 47.5 Å². The van der Waals surface area contributed by atoms with Crippen LogP contribution in [-0.4, -0.2) is 28.6 Å². The summed E-state index contributed by atoms with van der Waals surface area (Å²) in [5, 5.41) is 4.14. The summed E-state index contributed by atoms with van der Waals surface area (Å²) < 4.78 is 8.17. The summed E-state index contributed by atoms with van der Waals surface area (Å²) in [5.41, 5.74) is 4.42. The summed E-state index contributed by atoms with van der Waals surface area (Å²) in [4.78, 5) is 17.2. The van der Waals surface area contributed by atoms with Crippen LogP contribution in [0.25, 0.3) is 11.0 Å². The second-order valence-electron chi connectivity index (χ2n) is 7.87. The highest BCUT2D eigenvalue weighted by molar-refractivity contribution is 6.33. The molecule has 7 heteroatoms. The molecule has 4 rings (SSSR count). The first-order valence-electron chi connectivity index (χ1n) is 10.8. The van der Waals surface area contributed by atoms with Crippen molar-refractivity contribution in [2.24, 2.45) is 0 Å². The number of imidazole rings is 1. The average Bonchev–Trinajstić information content (AvgIpc) is 3.15. The molecule has 0 bridgehead atoms. The molecule has 0 aliphatic carbocycles. The van der Waals surface area contributed by atoms with E-state index in [4.69, 9.17) is 32.9 Å². The summed E-state index contributed by atoms with van der Waals surface area (Å²) >= 11 is 12.4. The third kappa shape index (κ3) is 5.32. The van der Waals surface area contributed by atoms with Gasteiger partial charge in [0, 0.05) is 18.0 Å². The Morgan fingerprint density at radius 3 is 2.48 bits per heavy atom. The van der Waals surface area contributed by atoms with Crippen LogP contribution in [0.5, 0.6) is 5.75 Å². The van der Waals surface area contributed by atoms with Gasteiger partial charge in [-0.05, 0) is 61.4 Å². The number of benzene rings is 3. The van der Waals surface area contributed by atoms with Crippen molar-refractivity contribution >= 4 is 40.1 Å². The number of carbonyl (C=O) groups is 1. The molecular formula is C26H25Cl2N3O2. The second-order valence-corrected chi connectivity index (χ2v) is 8.66. The number of carbonyl (C=O) groups excluding carboxylic acids is 1. The third-order valence-corrected chi connectivity index (χ3v) is 6.41. The lowest BCUT2D eigenvalue weighted by Crippen LogP contribution is -2.27. The Bertz CT molecular complexity index is 1280. The topological polar surface area (TPSA) is 56.1 Å². The van der Waals surface area contributed by atoms with Crippen molar-refractivity contribution in [3.8, 4) is 5.75 Å². The predicted octanol–water partition coefficient (Wildman–Crippen LogP) is 6.01. The Morgan fingerprint density at radius 1 is 1.03 bits per heavy atom. The largest absolute Gasteiger partial charge is 0.492 e. The predicted molar refractivity (Wildman–Crippen MR) is 134 cm³/mol. The van der Waals surface area contributed by atoms with Gasteiger partial charge < -0.3 is 14.6 Å². The van der Waals surface area contributed by atoms with Crippen molar-refractivity contribution in [2.75, 3.05) is 13.2 Å². The number of nitrogens with one attached hydrogen (secondary N) is 1. The van der Waals surface area contributed by atoms with Gasteiger partial charge in [-0.25, -0.2) is 4.98 Å². The van der Waals surface area contributed by atoms with E-state index in [1.54, 1.807) is 24.3 Å². The normalized spacial score (nSPS) is 11.0. The highest BCUT2D eigenvalue weighted by atomic mass is 35.5. The second kappa shape index (κ2) is 10.3. The number of hydrogen-bond donors (Lipinski definition) is 1. The van der Waals surface area contributed by atoms with E-state index in [0.717, 1.165) is 38.8 Å². The van der Waals surface area contributed by atoms with E-state index in [1.807, 2.05) is 50.2 Å². The average molecular weight is 482 g/mol. The molecule has 33 heavy (non-hydrogen) atoms. The Labute approximate surface area is 203 Å². The lowest BCUT2D eigenvalue weighted by atomic mass is 10.1. The zero-order chi connectivity index (χ0) is 23.4. The first-order chi connectivity index (χ1) is 15.9. The number of amides is 1. The quantitative estimate of drug-likeness (QED) is 0.335. The van der Waals surface area contributed by atoms with Crippen LogP contribution >= 0.6 is 23.2 Å². The summed E-state index contributed by atoms with van der Waals surface area (Å²) in [6.07, 6.45) is 0.587. The molecule has 0 aliphatic heterocycles. The number of hydrogen-bond acceptors (Lipinski definition) is 3. The molecule has 1 heterocycles. The van der Waals surface area contributed by atoms with E-state index in [9.17, 15) is 4.79 Å². The molecule has 1 amide bonds. The number of aryl methyl sites for hydroxylation is 2. The Hall–Kier alpha value is -3.02. The smallest absolute Gasteiger partial charge is 0.252 e. The van der Waals surface area contributed by atoms with Crippen molar-refractivity contribution in [3.05, 3.63) is 93.2 Å². The number of halogens is 2. The minimum Gasteiger partial charge on any atom is -0.492 e. The number of rotatable bonds is 8. The van der Waals surface area contributed by atoms with E-state index in [-0.39, 0.29) is 5.91 Å². The minimum atomic E-state index is -0.194. The molecule has 0 fully saturated rings. The summed E-state index contributed by atoms with van der Waals surface area (Å²) in [6, 6.07) is 18.9. The number of nitrogens with zero attached hydrogens (tertiary/aromatic N) is 2. The number of aromatic nitrogens is 2. The maximum Gasteiger partial charge on any atom is 0.252 e. The maximum atomic E-state index is 12.5. The van der Waals surface area contributed by atoms with Crippen LogP contribution in [0.2, 0.25) is 10.0 Å². The number of para-hydroxylation sites is 2. The van der Waals surface area contributed by atoms with Gasteiger partial charge in [0.15, 0.2) is 0 Å². The van der Waals surface area contributed by atoms with Crippen LogP contribution in [0.1, 0.15) is 27.3 Å². The van der Waals surface area contributed by atoms with Gasteiger partial charge in [-0.2, -0.15) is 0 Å². The van der Waals surface area contributed by atoms with E-state index >= 15 is 0 Å². The zero-order valence-corrected chi connectivity index (χ0v) is 20.1. The van der Waals surface area contributed by atoms with Crippen LogP contribution < -0.4 is 10.1 Å². The summed E-state index contributed by atoms with van der Waals surface area (Å²) in [6.45, 7) is 5.51. The molecule has 0 radical (unpaired) electrons. The number of ether oxygens (including phenoxy) is 1. The van der Waals surface area contributed by atoms with Gasteiger partial charge in [0.05, 0.1) is 28.2 Å². The van der Waals surface area contributed by atoms with Crippen molar-refractivity contribution in [2.45, 2.75) is 26.8 Å². The fraction of sp³-hybridized carbons (Fsp3) is 0.231. The molecule has 1 N–H and O–H groups in total. The highest BCUT2D eigenvalue weighted by Crippen LogP contribution is 2.26. The molecule has 0 saturated heterocycles. The Kier molecular flexibility index (Phi) is 7.21. The molecule has 4 aromatic rings. The summed E-state index contributed by atoms with van der Waals surface area (Å²) in [5.74, 6) is 1.50. The van der Waals surface area contributed by atoms with Gasteiger partial charge in [-0.15, -0.1) is 0 Å². The van der Waals surface area contributed by atoms with Gasteiger partial charge in [0.1, 0.15) is 18.2 Å². The van der Waals surface area contributed by atoms with Crippen LogP contribution in [0.3, 0.4) is 0 Å². The van der Waals surface area contributed by atoms with Crippen LogP contribution in [0.15, 0.2) is 60.7 Å². The molecule has 0 aliphatic rings. The lowest BCUT2D eigenvalue weighted by Gasteiger charge is -2.13. The van der Waals surface area contributed by atoms with Crippen LogP contribution in [0, 0.1) is 13.8 Å². The van der Waals surface area contributed by atoms with E-state index in [1.165, 1.54) is 0 Å². The molecule has 5 nitrogen and oxygen atoms in total. The van der Waals surface area contributed by atoms with Crippen LogP contribution in [-0.2, 0) is 13.0 Å². The monoisotopic (exact) mass is 481 g/mol. The molecule has 0 saturated carbocycles.